The molecule has 0 radical (unpaired) electrons. The molecule has 25 heavy (non-hydrogen) atoms. The van der Waals surface area contributed by atoms with Crippen molar-refractivity contribution >= 4 is 11.7 Å². The highest BCUT2D eigenvalue weighted by Crippen LogP contribution is 2.29. The molecule has 3 rings (SSSR count). The number of urea groups is 1. The molecule has 132 valence electrons. The maximum Gasteiger partial charge on any atom is 0.319 e. The first-order valence-corrected chi connectivity index (χ1v) is 8.67. The molecule has 1 fully saturated rings. The number of aliphatic hydroxyl groups is 1. The predicted octanol–water partition coefficient (Wildman–Crippen LogP) is 3.69. The quantitative estimate of drug-likeness (QED) is 0.751. The average molecular weight is 340 g/mol. The smallest absolute Gasteiger partial charge is 0.319 e. The Balaban J connectivity index is 1.63. The first-order valence-electron chi connectivity index (χ1n) is 8.67. The van der Waals surface area contributed by atoms with Gasteiger partial charge in [0.05, 0.1) is 12.1 Å². The Morgan fingerprint density at radius 3 is 2.44 bits per heavy atom. The Morgan fingerprint density at radius 2 is 1.72 bits per heavy atom. The molecule has 3 N–H and O–H groups in total. The molecule has 0 atom stereocenters. The van der Waals surface area contributed by atoms with Gasteiger partial charge in [-0.1, -0.05) is 49.2 Å². The van der Waals surface area contributed by atoms with E-state index in [1.807, 2.05) is 54.6 Å². The van der Waals surface area contributed by atoms with Crippen LogP contribution in [0.1, 0.15) is 31.2 Å². The number of amides is 2. The van der Waals surface area contributed by atoms with Gasteiger partial charge in [-0.25, -0.2) is 4.79 Å². The van der Waals surface area contributed by atoms with Crippen molar-refractivity contribution in [2.75, 3.05) is 11.9 Å². The van der Waals surface area contributed by atoms with Crippen LogP contribution in [0, 0.1) is 0 Å². The van der Waals surface area contributed by atoms with Crippen molar-refractivity contribution in [3.05, 3.63) is 60.2 Å². The SMILES string of the molecule is O=C(Nc1ccccc1COc1ccccc1)NC1(CO)CCCC1. The summed E-state index contributed by atoms with van der Waals surface area (Å²) in [4.78, 5) is 12.4. The van der Waals surface area contributed by atoms with Crippen molar-refractivity contribution in [3.8, 4) is 5.75 Å². The van der Waals surface area contributed by atoms with Gasteiger partial charge in [-0.15, -0.1) is 0 Å². The summed E-state index contributed by atoms with van der Waals surface area (Å²) in [7, 11) is 0. The third-order valence-electron chi connectivity index (χ3n) is 4.65. The van der Waals surface area contributed by atoms with Gasteiger partial charge in [-0.2, -0.15) is 0 Å². The summed E-state index contributed by atoms with van der Waals surface area (Å²) in [6.07, 6.45) is 3.69. The van der Waals surface area contributed by atoms with Gasteiger partial charge in [0.15, 0.2) is 0 Å². The van der Waals surface area contributed by atoms with Crippen molar-refractivity contribution in [2.24, 2.45) is 0 Å². The normalized spacial score (nSPS) is 15.6. The largest absolute Gasteiger partial charge is 0.489 e. The van der Waals surface area contributed by atoms with Gasteiger partial charge in [0.2, 0.25) is 0 Å². The number of hydrogen-bond acceptors (Lipinski definition) is 3. The number of aliphatic hydroxyl groups excluding tert-OH is 1. The number of carbonyl (C=O) groups excluding carboxylic acids is 1. The highest BCUT2D eigenvalue weighted by molar-refractivity contribution is 5.90. The Morgan fingerprint density at radius 1 is 1.04 bits per heavy atom. The third kappa shape index (κ3) is 4.51. The van der Waals surface area contributed by atoms with Gasteiger partial charge in [-0.3, -0.25) is 0 Å². The molecule has 2 amide bonds. The van der Waals surface area contributed by atoms with Crippen LogP contribution < -0.4 is 15.4 Å². The van der Waals surface area contributed by atoms with Crippen LogP contribution in [0.3, 0.4) is 0 Å². The van der Waals surface area contributed by atoms with Gasteiger partial charge in [0.25, 0.3) is 0 Å². The van der Waals surface area contributed by atoms with E-state index in [1.54, 1.807) is 0 Å². The molecule has 2 aromatic carbocycles. The van der Waals surface area contributed by atoms with Crippen molar-refractivity contribution in [1.29, 1.82) is 0 Å². The molecule has 0 heterocycles. The Hall–Kier alpha value is -2.53. The molecule has 5 heteroatoms. The van der Waals surface area contributed by atoms with E-state index in [9.17, 15) is 9.90 Å². The summed E-state index contributed by atoms with van der Waals surface area (Å²) in [5.74, 6) is 0.784. The number of hydrogen-bond donors (Lipinski definition) is 3. The maximum atomic E-state index is 12.4. The standard InChI is InChI=1S/C20H24N2O3/c23-15-20(12-6-7-13-20)22-19(24)21-18-11-5-4-8-16(18)14-25-17-9-2-1-3-10-17/h1-5,8-11,23H,6-7,12-15H2,(H2,21,22,24). The third-order valence-corrected chi connectivity index (χ3v) is 4.65. The highest BCUT2D eigenvalue weighted by Gasteiger charge is 2.34. The summed E-state index contributed by atoms with van der Waals surface area (Å²) in [5.41, 5.74) is 1.12. The van der Waals surface area contributed by atoms with E-state index in [-0.39, 0.29) is 12.6 Å². The van der Waals surface area contributed by atoms with Crippen LogP contribution in [0.2, 0.25) is 0 Å². The van der Waals surface area contributed by atoms with Crippen molar-refractivity contribution < 1.29 is 14.6 Å². The minimum absolute atomic E-state index is 0.0286. The zero-order valence-electron chi connectivity index (χ0n) is 14.2. The number of nitrogens with one attached hydrogen (secondary N) is 2. The van der Waals surface area contributed by atoms with Gasteiger partial charge < -0.3 is 20.5 Å². The van der Waals surface area contributed by atoms with Crippen LogP contribution in [-0.2, 0) is 6.61 Å². The Kier molecular flexibility index (Phi) is 5.56. The van der Waals surface area contributed by atoms with Crippen LogP contribution in [0.25, 0.3) is 0 Å². The molecule has 0 saturated heterocycles. The molecular formula is C20H24N2O3. The van der Waals surface area contributed by atoms with Crippen molar-refractivity contribution in [3.63, 3.8) is 0 Å². The lowest BCUT2D eigenvalue weighted by Crippen LogP contribution is -2.50. The van der Waals surface area contributed by atoms with E-state index < -0.39 is 5.54 Å². The molecule has 0 spiro atoms. The molecule has 1 aliphatic carbocycles. The lowest BCUT2D eigenvalue weighted by Gasteiger charge is -2.28. The molecule has 1 saturated carbocycles. The number of benzene rings is 2. The maximum absolute atomic E-state index is 12.4. The van der Waals surface area contributed by atoms with Crippen molar-refractivity contribution in [2.45, 2.75) is 37.8 Å². The second-order valence-electron chi connectivity index (χ2n) is 6.48. The van der Waals surface area contributed by atoms with Crippen LogP contribution in [0.5, 0.6) is 5.75 Å². The van der Waals surface area contributed by atoms with E-state index in [2.05, 4.69) is 10.6 Å². The summed E-state index contributed by atoms with van der Waals surface area (Å²) in [6, 6.07) is 16.8. The van der Waals surface area contributed by atoms with E-state index in [4.69, 9.17) is 4.74 Å². The summed E-state index contributed by atoms with van der Waals surface area (Å²) < 4.78 is 5.78. The second-order valence-corrected chi connectivity index (χ2v) is 6.48. The first kappa shape index (κ1) is 17.3. The molecule has 2 aromatic rings. The van der Waals surface area contributed by atoms with E-state index in [0.29, 0.717) is 12.3 Å². The van der Waals surface area contributed by atoms with Gasteiger partial charge >= 0.3 is 6.03 Å². The number of carbonyl (C=O) groups is 1. The Bertz CT molecular complexity index is 697. The van der Waals surface area contributed by atoms with Crippen LogP contribution in [0.15, 0.2) is 54.6 Å². The van der Waals surface area contributed by atoms with Crippen molar-refractivity contribution in [1.82, 2.24) is 5.32 Å². The lowest BCUT2D eigenvalue weighted by molar-refractivity contribution is 0.167. The molecule has 1 aliphatic rings. The zero-order valence-corrected chi connectivity index (χ0v) is 14.2. The summed E-state index contributed by atoms with van der Waals surface area (Å²) >= 11 is 0. The molecule has 0 bridgehead atoms. The monoisotopic (exact) mass is 340 g/mol. The number of anilines is 1. The minimum atomic E-state index is -0.487. The molecule has 0 unspecified atom stereocenters. The second kappa shape index (κ2) is 8.03. The molecular weight excluding hydrogens is 316 g/mol. The fourth-order valence-corrected chi connectivity index (χ4v) is 3.21. The van der Waals surface area contributed by atoms with Gasteiger partial charge in [0, 0.05) is 11.3 Å². The Labute approximate surface area is 148 Å². The molecule has 5 nitrogen and oxygen atoms in total. The minimum Gasteiger partial charge on any atom is -0.489 e. The zero-order chi connectivity index (χ0) is 17.5. The fourth-order valence-electron chi connectivity index (χ4n) is 3.21. The van der Waals surface area contributed by atoms with E-state index in [0.717, 1.165) is 37.0 Å². The summed E-state index contributed by atoms with van der Waals surface area (Å²) in [5, 5.41) is 15.5. The number of para-hydroxylation sites is 2. The van der Waals surface area contributed by atoms with Crippen LogP contribution >= 0.6 is 0 Å². The number of ether oxygens (including phenoxy) is 1. The molecule has 0 aromatic heterocycles. The van der Waals surface area contributed by atoms with Crippen LogP contribution in [-0.4, -0.2) is 23.3 Å². The molecule has 0 aliphatic heterocycles. The summed E-state index contributed by atoms with van der Waals surface area (Å²) in [6.45, 7) is 0.338. The fraction of sp³-hybridized carbons (Fsp3) is 0.350. The first-order chi connectivity index (χ1) is 12.2. The topological polar surface area (TPSA) is 70.6 Å². The predicted molar refractivity (Wildman–Crippen MR) is 97.7 cm³/mol. The number of rotatable bonds is 6. The van der Waals surface area contributed by atoms with Crippen LogP contribution in [0.4, 0.5) is 10.5 Å². The highest BCUT2D eigenvalue weighted by atomic mass is 16.5. The average Bonchev–Trinajstić information content (AvgIpc) is 3.11. The van der Waals surface area contributed by atoms with E-state index in [1.165, 1.54) is 0 Å². The van der Waals surface area contributed by atoms with E-state index >= 15 is 0 Å². The lowest BCUT2D eigenvalue weighted by atomic mass is 9.99. The van der Waals surface area contributed by atoms with Gasteiger partial charge in [-0.05, 0) is 31.0 Å². The van der Waals surface area contributed by atoms with Gasteiger partial charge in [0.1, 0.15) is 12.4 Å².